The summed E-state index contributed by atoms with van der Waals surface area (Å²) >= 11 is 0. The number of hydrogen-bond donors (Lipinski definition) is 1. The van der Waals surface area contributed by atoms with Crippen LogP contribution < -0.4 is 9.64 Å². The largest absolute Gasteiger partial charge is 0.484 e. The van der Waals surface area contributed by atoms with Gasteiger partial charge in [-0.15, -0.1) is 0 Å². The Morgan fingerprint density at radius 3 is 2.56 bits per heavy atom. The number of H-pyrrole nitrogens is 1. The van der Waals surface area contributed by atoms with Crippen LogP contribution in [0.25, 0.3) is 0 Å². The molecule has 0 fully saturated rings. The number of amides is 2. The fourth-order valence-corrected chi connectivity index (χ4v) is 4.64. The maximum Gasteiger partial charge on any atom is 0.272 e. The van der Waals surface area contributed by atoms with Crippen molar-refractivity contribution in [2.75, 3.05) is 37.7 Å². The number of fused-ring (bicyclic) bond motifs is 1. The molecule has 0 saturated carbocycles. The number of nitrogens with one attached hydrogen (secondary N) is 1. The van der Waals surface area contributed by atoms with Gasteiger partial charge < -0.3 is 19.5 Å². The minimum atomic E-state index is -0.104. The second kappa shape index (κ2) is 11.9. The van der Waals surface area contributed by atoms with E-state index in [0.717, 1.165) is 36.3 Å². The molecule has 0 saturated heterocycles. The highest BCUT2D eigenvalue weighted by Gasteiger charge is 2.26. The van der Waals surface area contributed by atoms with Crippen LogP contribution in [0.4, 0.5) is 5.69 Å². The van der Waals surface area contributed by atoms with Gasteiger partial charge in [0.15, 0.2) is 6.61 Å². The Morgan fingerprint density at radius 1 is 1.03 bits per heavy atom. The van der Waals surface area contributed by atoms with Crippen LogP contribution in [-0.4, -0.2) is 70.4 Å². The number of anilines is 1. The van der Waals surface area contributed by atoms with E-state index in [-0.39, 0.29) is 18.4 Å². The summed E-state index contributed by atoms with van der Waals surface area (Å²) in [7, 11) is 0. The molecule has 8 nitrogen and oxygen atoms in total. The van der Waals surface area contributed by atoms with Crippen molar-refractivity contribution in [2.24, 2.45) is 0 Å². The predicted molar refractivity (Wildman–Crippen MR) is 140 cm³/mol. The average Bonchev–Trinajstić information content (AvgIpc) is 3.40. The lowest BCUT2D eigenvalue weighted by molar-refractivity contribution is -0.120. The summed E-state index contributed by atoms with van der Waals surface area (Å²) in [5, 5.41) is 0. The normalized spacial score (nSPS) is 15.3. The number of nitrogens with zero attached hydrogens (tertiary/aromatic N) is 4. The van der Waals surface area contributed by atoms with E-state index in [1.165, 1.54) is 6.33 Å². The molecule has 1 aromatic heterocycles. The van der Waals surface area contributed by atoms with Crippen LogP contribution in [0.15, 0.2) is 61.1 Å². The highest BCUT2D eigenvalue weighted by atomic mass is 16.5. The van der Waals surface area contributed by atoms with E-state index in [4.69, 9.17) is 4.74 Å². The van der Waals surface area contributed by atoms with Gasteiger partial charge in [-0.1, -0.05) is 36.4 Å². The number of imidazole rings is 1. The molecule has 2 amide bonds. The van der Waals surface area contributed by atoms with Gasteiger partial charge in [0.25, 0.3) is 11.8 Å². The van der Waals surface area contributed by atoms with Crippen LogP contribution in [0.5, 0.6) is 5.75 Å². The van der Waals surface area contributed by atoms with Gasteiger partial charge in [-0.3, -0.25) is 14.5 Å². The molecule has 1 aliphatic rings. The van der Waals surface area contributed by atoms with E-state index in [0.29, 0.717) is 37.1 Å². The molecule has 8 heteroatoms. The molecule has 0 unspecified atom stereocenters. The van der Waals surface area contributed by atoms with Gasteiger partial charge in [-0.05, 0) is 50.5 Å². The lowest BCUT2D eigenvalue weighted by Crippen LogP contribution is -2.41. The highest BCUT2D eigenvalue weighted by molar-refractivity contribution is 5.96. The molecule has 3 aromatic rings. The van der Waals surface area contributed by atoms with Crippen molar-refractivity contribution in [1.29, 1.82) is 0 Å². The molecule has 0 bridgehead atoms. The van der Waals surface area contributed by atoms with Gasteiger partial charge in [0.2, 0.25) is 0 Å². The zero-order valence-corrected chi connectivity index (χ0v) is 21.3. The molecule has 36 heavy (non-hydrogen) atoms. The molecule has 1 N–H and O–H groups in total. The summed E-state index contributed by atoms with van der Waals surface area (Å²) in [6, 6.07) is 15.7. The van der Waals surface area contributed by atoms with Crippen molar-refractivity contribution in [1.82, 2.24) is 19.8 Å². The van der Waals surface area contributed by atoms with Crippen molar-refractivity contribution in [3.63, 3.8) is 0 Å². The Morgan fingerprint density at radius 2 is 1.83 bits per heavy atom. The number of aryl methyl sites for hydroxylation is 1. The van der Waals surface area contributed by atoms with Gasteiger partial charge in [-0.25, -0.2) is 4.98 Å². The number of carbonyl (C=O) groups excluding carboxylic acids is 2. The summed E-state index contributed by atoms with van der Waals surface area (Å²) in [6.07, 6.45) is 3.89. The lowest BCUT2D eigenvalue weighted by Gasteiger charge is -2.30. The molecular formula is C28H35N5O3. The van der Waals surface area contributed by atoms with Gasteiger partial charge in [0.05, 0.1) is 18.2 Å². The summed E-state index contributed by atoms with van der Waals surface area (Å²) < 4.78 is 5.82. The van der Waals surface area contributed by atoms with Crippen molar-refractivity contribution in [2.45, 2.75) is 39.8 Å². The van der Waals surface area contributed by atoms with E-state index >= 15 is 0 Å². The monoisotopic (exact) mass is 489 g/mol. The Bertz CT molecular complexity index is 1150. The maximum absolute atomic E-state index is 13.5. The number of para-hydroxylation sites is 2. The molecule has 2 heterocycles. The number of benzene rings is 2. The van der Waals surface area contributed by atoms with Gasteiger partial charge in [-0.2, -0.15) is 0 Å². The Labute approximate surface area is 212 Å². The molecule has 0 spiro atoms. The van der Waals surface area contributed by atoms with E-state index in [2.05, 4.69) is 28.7 Å². The smallest absolute Gasteiger partial charge is 0.272 e. The summed E-state index contributed by atoms with van der Waals surface area (Å²) in [6.45, 7) is 9.41. The molecule has 190 valence electrons. The molecule has 0 atom stereocenters. The molecule has 1 aliphatic heterocycles. The molecule has 0 radical (unpaired) electrons. The summed E-state index contributed by atoms with van der Waals surface area (Å²) in [5.41, 5.74) is 3.25. The van der Waals surface area contributed by atoms with Crippen LogP contribution >= 0.6 is 0 Å². The van der Waals surface area contributed by atoms with Gasteiger partial charge >= 0.3 is 0 Å². The van der Waals surface area contributed by atoms with Gasteiger partial charge in [0, 0.05) is 38.8 Å². The van der Waals surface area contributed by atoms with Crippen LogP contribution in [0.2, 0.25) is 0 Å². The second-order valence-corrected chi connectivity index (χ2v) is 9.41. The van der Waals surface area contributed by atoms with Crippen molar-refractivity contribution < 1.29 is 14.3 Å². The summed E-state index contributed by atoms with van der Waals surface area (Å²) in [4.78, 5) is 40.0. The molecule has 4 rings (SSSR count). The fourth-order valence-electron chi connectivity index (χ4n) is 4.64. The first kappa shape index (κ1) is 25.4. The lowest BCUT2D eigenvalue weighted by atomic mass is 10.0. The number of rotatable bonds is 5. The third-order valence-corrected chi connectivity index (χ3v) is 6.59. The van der Waals surface area contributed by atoms with Crippen molar-refractivity contribution in [3.8, 4) is 5.75 Å². The first-order valence-corrected chi connectivity index (χ1v) is 12.5. The van der Waals surface area contributed by atoms with E-state index in [1.807, 2.05) is 65.3 Å². The average molecular weight is 490 g/mol. The number of aromatic amines is 1. The van der Waals surface area contributed by atoms with E-state index in [1.54, 1.807) is 6.20 Å². The third-order valence-electron chi connectivity index (χ3n) is 6.59. The number of aromatic nitrogens is 2. The molecule has 0 aliphatic carbocycles. The SMILES string of the molecule is Cc1cccc2c1N(C(=O)COc1ccccc1)CCCN(C(C)C)CCN(C(=O)c1cnc[nH]1)C2. The van der Waals surface area contributed by atoms with Crippen LogP contribution in [0.3, 0.4) is 0 Å². The minimum absolute atomic E-state index is 0.0531. The van der Waals surface area contributed by atoms with Crippen molar-refractivity contribution >= 4 is 17.5 Å². The zero-order chi connectivity index (χ0) is 25.5. The zero-order valence-electron chi connectivity index (χ0n) is 21.3. The van der Waals surface area contributed by atoms with Crippen LogP contribution in [0.1, 0.15) is 41.9 Å². The first-order chi connectivity index (χ1) is 17.4. The number of hydrogen-bond acceptors (Lipinski definition) is 5. The molecule has 2 aromatic carbocycles. The Kier molecular flexibility index (Phi) is 8.38. The molecular weight excluding hydrogens is 454 g/mol. The predicted octanol–water partition coefficient (Wildman–Crippen LogP) is 3.89. The third kappa shape index (κ3) is 6.12. The fraction of sp³-hybridized carbons (Fsp3) is 0.393. The topological polar surface area (TPSA) is 81.8 Å². The van der Waals surface area contributed by atoms with Crippen LogP contribution in [0, 0.1) is 6.92 Å². The second-order valence-electron chi connectivity index (χ2n) is 9.41. The van der Waals surface area contributed by atoms with Gasteiger partial charge in [0.1, 0.15) is 11.4 Å². The maximum atomic E-state index is 13.5. The van der Waals surface area contributed by atoms with Crippen molar-refractivity contribution in [3.05, 3.63) is 77.9 Å². The first-order valence-electron chi connectivity index (χ1n) is 12.5. The number of ether oxygens (including phenoxy) is 1. The summed E-state index contributed by atoms with van der Waals surface area (Å²) in [5.74, 6) is 0.459. The Hall–Kier alpha value is -3.65. The van der Waals surface area contributed by atoms with E-state index < -0.39 is 0 Å². The Balaban J connectivity index is 1.67. The quantitative estimate of drug-likeness (QED) is 0.588. The minimum Gasteiger partial charge on any atom is -0.484 e. The standard InChI is InChI=1S/C28H35N5O3/c1-21(2)31-13-8-14-33(26(34)19-36-24-11-5-4-6-12-24)27-22(3)9-7-10-23(27)18-32(16-15-31)28(35)25-17-29-20-30-25/h4-7,9-12,17,20-21H,8,13-16,18-19H2,1-3H3,(H,29,30). The highest BCUT2D eigenvalue weighted by Crippen LogP contribution is 2.28. The van der Waals surface area contributed by atoms with E-state index in [9.17, 15) is 9.59 Å². The number of carbonyl (C=O) groups is 2. The van der Waals surface area contributed by atoms with Crippen LogP contribution in [-0.2, 0) is 11.3 Å².